The predicted octanol–water partition coefficient (Wildman–Crippen LogP) is 1.61. The Labute approximate surface area is 112 Å². The minimum atomic E-state index is -4.09. The third kappa shape index (κ3) is 4.04. The minimum absolute atomic E-state index is 0.339. The molecule has 0 unspecified atom stereocenters. The van der Waals surface area contributed by atoms with Gasteiger partial charge in [-0.1, -0.05) is 6.07 Å². The third-order valence-corrected chi connectivity index (χ3v) is 3.84. The molecule has 1 N–H and O–H groups in total. The Kier molecular flexibility index (Phi) is 4.21. The van der Waals surface area contributed by atoms with Crippen LogP contribution in [0.25, 0.3) is 0 Å². The molecule has 19 heavy (non-hydrogen) atoms. The second kappa shape index (κ2) is 5.71. The van der Waals surface area contributed by atoms with Gasteiger partial charge in [-0.3, -0.25) is 4.55 Å². The summed E-state index contributed by atoms with van der Waals surface area (Å²) in [7, 11) is -4.09. The molecular formula is C13H16O5S. The molecule has 0 saturated carbocycles. The number of hydrogen-bond donors (Lipinski definition) is 1. The molecule has 1 aromatic carbocycles. The standard InChI is InChI=1S/C13H16O5S/c14-13(18-7-8-19(15,16)17)12-6-5-10-3-1-2-4-11(10)9-12/h5-6,9H,1-4,7-8H2,(H,15,16,17). The molecule has 0 fully saturated rings. The first-order chi connectivity index (χ1) is 8.96. The van der Waals surface area contributed by atoms with E-state index in [4.69, 9.17) is 9.29 Å². The molecule has 0 amide bonds. The van der Waals surface area contributed by atoms with Gasteiger partial charge in [0, 0.05) is 0 Å². The lowest BCUT2D eigenvalue weighted by Gasteiger charge is -2.16. The molecule has 0 heterocycles. The first-order valence-corrected chi connectivity index (χ1v) is 7.81. The van der Waals surface area contributed by atoms with E-state index in [0.29, 0.717) is 5.56 Å². The van der Waals surface area contributed by atoms with Gasteiger partial charge in [-0.15, -0.1) is 0 Å². The summed E-state index contributed by atoms with van der Waals surface area (Å²) in [6.07, 6.45) is 4.29. The smallest absolute Gasteiger partial charge is 0.338 e. The lowest BCUT2D eigenvalue weighted by molar-refractivity contribution is 0.0528. The Morgan fingerprint density at radius 1 is 1.21 bits per heavy atom. The monoisotopic (exact) mass is 284 g/mol. The molecule has 1 aliphatic rings. The molecule has 6 heteroatoms. The molecule has 0 aliphatic heterocycles. The van der Waals surface area contributed by atoms with Crippen LogP contribution in [0.3, 0.4) is 0 Å². The largest absolute Gasteiger partial charge is 0.461 e. The van der Waals surface area contributed by atoms with E-state index in [2.05, 4.69) is 0 Å². The van der Waals surface area contributed by atoms with E-state index in [1.54, 1.807) is 6.07 Å². The zero-order valence-corrected chi connectivity index (χ0v) is 11.3. The summed E-state index contributed by atoms with van der Waals surface area (Å²) in [5.41, 5.74) is 2.85. The lowest BCUT2D eigenvalue weighted by atomic mass is 9.90. The van der Waals surface area contributed by atoms with Gasteiger partial charge in [-0.2, -0.15) is 8.42 Å². The molecule has 2 rings (SSSR count). The summed E-state index contributed by atoms with van der Waals surface area (Å²) in [6.45, 7) is -0.339. The number of ether oxygens (including phenoxy) is 1. The molecule has 5 nitrogen and oxygen atoms in total. The van der Waals surface area contributed by atoms with Crippen molar-refractivity contribution in [2.75, 3.05) is 12.4 Å². The summed E-state index contributed by atoms with van der Waals surface area (Å²) in [6, 6.07) is 5.43. The van der Waals surface area contributed by atoms with Crippen LogP contribution in [0.1, 0.15) is 34.3 Å². The van der Waals surface area contributed by atoms with Crippen LogP contribution < -0.4 is 0 Å². The van der Waals surface area contributed by atoms with Crippen LogP contribution in [0.15, 0.2) is 18.2 Å². The number of benzene rings is 1. The lowest BCUT2D eigenvalue weighted by Crippen LogP contribution is -2.15. The molecule has 1 aliphatic carbocycles. The number of carbonyl (C=O) groups excluding carboxylic acids is 1. The quantitative estimate of drug-likeness (QED) is 0.671. The normalized spacial score (nSPS) is 14.8. The molecule has 0 radical (unpaired) electrons. The fourth-order valence-corrected chi connectivity index (χ4v) is 2.48. The van der Waals surface area contributed by atoms with Gasteiger partial charge in [0.2, 0.25) is 0 Å². The summed E-state index contributed by atoms with van der Waals surface area (Å²) in [4.78, 5) is 11.7. The highest BCUT2D eigenvalue weighted by atomic mass is 32.2. The van der Waals surface area contributed by atoms with Crippen molar-refractivity contribution < 1.29 is 22.5 Å². The van der Waals surface area contributed by atoms with E-state index < -0.39 is 21.8 Å². The van der Waals surface area contributed by atoms with Crippen LogP contribution in [0, 0.1) is 0 Å². The molecule has 0 bridgehead atoms. The van der Waals surface area contributed by atoms with Crippen LogP contribution in [0.2, 0.25) is 0 Å². The SMILES string of the molecule is O=C(OCCS(=O)(=O)O)c1ccc2c(c1)CCCC2. The number of fused-ring (bicyclic) bond motifs is 1. The Bertz CT molecular complexity index is 577. The predicted molar refractivity (Wildman–Crippen MR) is 69.8 cm³/mol. The number of rotatable bonds is 4. The van der Waals surface area contributed by atoms with E-state index in [-0.39, 0.29) is 6.61 Å². The van der Waals surface area contributed by atoms with Gasteiger partial charge in [0.05, 0.1) is 5.56 Å². The summed E-state index contributed by atoms with van der Waals surface area (Å²) >= 11 is 0. The van der Waals surface area contributed by atoms with E-state index in [0.717, 1.165) is 24.8 Å². The van der Waals surface area contributed by atoms with Crippen molar-refractivity contribution in [3.63, 3.8) is 0 Å². The van der Waals surface area contributed by atoms with Crippen molar-refractivity contribution in [2.24, 2.45) is 0 Å². The van der Waals surface area contributed by atoms with Gasteiger partial charge in [0.1, 0.15) is 12.4 Å². The van der Waals surface area contributed by atoms with Crippen LogP contribution in [0.4, 0.5) is 0 Å². The molecule has 0 spiro atoms. The first kappa shape index (κ1) is 14.0. The topological polar surface area (TPSA) is 80.7 Å². The molecule has 0 aromatic heterocycles. The summed E-state index contributed by atoms with van der Waals surface area (Å²) in [5, 5.41) is 0. The maximum Gasteiger partial charge on any atom is 0.338 e. The summed E-state index contributed by atoms with van der Waals surface area (Å²) < 4.78 is 34.4. The fraction of sp³-hybridized carbons (Fsp3) is 0.462. The van der Waals surface area contributed by atoms with Crippen molar-refractivity contribution in [1.82, 2.24) is 0 Å². The second-order valence-electron chi connectivity index (χ2n) is 4.61. The zero-order valence-electron chi connectivity index (χ0n) is 10.5. The highest BCUT2D eigenvalue weighted by molar-refractivity contribution is 7.85. The van der Waals surface area contributed by atoms with Crippen LogP contribution in [0.5, 0.6) is 0 Å². The second-order valence-corrected chi connectivity index (χ2v) is 6.18. The zero-order chi connectivity index (χ0) is 13.9. The van der Waals surface area contributed by atoms with Gasteiger partial charge in [-0.05, 0) is 48.9 Å². The van der Waals surface area contributed by atoms with Gasteiger partial charge in [0.15, 0.2) is 0 Å². The number of carbonyl (C=O) groups is 1. The molecule has 0 saturated heterocycles. The first-order valence-electron chi connectivity index (χ1n) is 6.20. The van der Waals surface area contributed by atoms with E-state index in [9.17, 15) is 13.2 Å². The molecule has 104 valence electrons. The van der Waals surface area contributed by atoms with Crippen LogP contribution >= 0.6 is 0 Å². The van der Waals surface area contributed by atoms with E-state index in [1.165, 1.54) is 12.0 Å². The van der Waals surface area contributed by atoms with Crippen molar-refractivity contribution >= 4 is 16.1 Å². The number of aryl methyl sites for hydroxylation is 2. The van der Waals surface area contributed by atoms with Crippen molar-refractivity contribution in [3.8, 4) is 0 Å². The van der Waals surface area contributed by atoms with Gasteiger partial charge in [0.25, 0.3) is 10.1 Å². The van der Waals surface area contributed by atoms with E-state index in [1.807, 2.05) is 12.1 Å². The fourth-order valence-electron chi connectivity index (χ4n) is 2.18. The Morgan fingerprint density at radius 3 is 2.58 bits per heavy atom. The molecular weight excluding hydrogens is 268 g/mol. The van der Waals surface area contributed by atoms with E-state index >= 15 is 0 Å². The Morgan fingerprint density at radius 2 is 1.89 bits per heavy atom. The average molecular weight is 284 g/mol. The van der Waals surface area contributed by atoms with Gasteiger partial charge >= 0.3 is 5.97 Å². The summed E-state index contributed by atoms with van der Waals surface area (Å²) in [5.74, 6) is -1.14. The third-order valence-electron chi connectivity index (χ3n) is 3.16. The maximum absolute atomic E-state index is 11.7. The van der Waals surface area contributed by atoms with Crippen LogP contribution in [-0.2, 0) is 27.7 Å². The van der Waals surface area contributed by atoms with Gasteiger partial charge < -0.3 is 4.74 Å². The van der Waals surface area contributed by atoms with Crippen molar-refractivity contribution in [1.29, 1.82) is 0 Å². The Hall–Kier alpha value is -1.40. The van der Waals surface area contributed by atoms with Gasteiger partial charge in [-0.25, -0.2) is 4.79 Å². The Balaban J connectivity index is 1.99. The van der Waals surface area contributed by atoms with Crippen molar-refractivity contribution in [3.05, 3.63) is 34.9 Å². The highest BCUT2D eigenvalue weighted by Gasteiger charge is 2.14. The van der Waals surface area contributed by atoms with Crippen LogP contribution in [-0.4, -0.2) is 31.3 Å². The maximum atomic E-state index is 11.7. The molecule has 0 atom stereocenters. The minimum Gasteiger partial charge on any atom is -0.461 e. The highest BCUT2D eigenvalue weighted by Crippen LogP contribution is 2.22. The average Bonchev–Trinajstić information content (AvgIpc) is 2.36. The van der Waals surface area contributed by atoms with Crippen molar-refractivity contribution in [2.45, 2.75) is 25.7 Å². The molecule has 1 aromatic rings. The number of hydrogen-bond acceptors (Lipinski definition) is 4. The number of esters is 1.